The van der Waals surface area contributed by atoms with Crippen LogP contribution in [0.15, 0.2) is 12.5 Å². The first-order valence-corrected chi connectivity index (χ1v) is 5.92. The van der Waals surface area contributed by atoms with Crippen LogP contribution in [-0.2, 0) is 6.42 Å². The molecule has 2 rings (SSSR count). The minimum atomic E-state index is -0.153. The summed E-state index contributed by atoms with van der Waals surface area (Å²) in [5.74, 6) is -0.153. The summed E-state index contributed by atoms with van der Waals surface area (Å²) in [5, 5.41) is 11.8. The molecule has 90 valence electrons. The van der Waals surface area contributed by atoms with E-state index >= 15 is 0 Å². The molecule has 2 aromatic heterocycles. The molecular weight excluding hydrogens is 240 g/mol. The summed E-state index contributed by atoms with van der Waals surface area (Å²) in [6.07, 6.45) is 4.52. The first-order chi connectivity index (χ1) is 8.25. The molecular formula is C9H12N6OS. The normalized spacial score (nSPS) is 10.4. The van der Waals surface area contributed by atoms with Gasteiger partial charge < -0.3 is 16.0 Å². The van der Waals surface area contributed by atoms with E-state index in [2.05, 4.69) is 25.5 Å². The summed E-state index contributed by atoms with van der Waals surface area (Å²) in [5.41, 5.74) is 5.92. The predicted molar refractivity (Wildman–Crippen MR) is 63.6 cm³/mol. The number of aromatic amines is 1. The maximum atomic E-state index is 11.5. The van der Waals surface area contributed by atoms with Gasteiger partial charge in [-0.2, -0.15) is 0 Å². The Morgan fingerprint density at radius 3 is 3.06 bits per heavy atom. The smallest absolute Gasteiger partial charge is 0.269 e. The summed E-state index contributed by atoms with van der Waals surface area (Å²) < 4.78 is 0. The fourth-order valence-corrected chi connectivity index (χ4v) is 1.94. The van der Waals surface area contributed by atoms with Gasteiger partial charge in [0.2, 0.25) is 5.13 Å². The lowest BCUT2D eigenvalue weighted by Gasteiger charge is -2.01. The van der Waals surface area contributed by atoms with Crippen molar-refractivity contribution in [2.75, 3.05) is 12.3 Å². The SMILES string of the molecule is Nc1nnc(CCCNC(=O)c2cnc[nH]2)s1. The van der Waals surface area contributed by atoms with E-state index in [0.29, 0.717) is 17.4 Å². The summed E-state index contributed by atoms with van der Waals surface area (Å²) >= 11 is 1.37. The molecule has 0 aromatic carbocycles. The fourth-order valence-electron chi connectivity index (χ4n) is 1.28. The van der Waals surface area contributed by atoms with Crippen molar-refractivity contribution in [3.63, 3.8) is 0 Å². The molecule has 2 aromatic rings. The van der Waals surface area contributed by atoms with E-state index in [9.17, 15) is 4.79 Å². The lowest BCUT2D eigenvalue weighted by molar-refractivity contribution is 0.0949. The van der Waals surface area contributed by atoms with Gasteiger partial charge in [0.25, 0.3) is 5.91 Å². The Kier molecular flexibility index (Phi) is 3.66. The Morgan fingerprint density at radius 2 is 2.41 bits per heavy atom. The van der Waals surface area contributed by atoms with Gasteiger partial charge in [0.15, 0.2) is 0 Å². The monoisotopic (exact) mass is 252 g/mol. The van der Waals surface area contributed by atoms with Gasteiger partial charge in [-0.05, 0) is 6.42 Å². The number of nitrogens with two attached hydrogens (primary N) is 1. The van der Waals surface area contributed by atoms with Crippen LogP contribution in [-0.4, -0.2) is 32.6 Å². The zero-order valence-electron chi connectivity index (χ0n) is 9.01. The van der Waals surface area contributed by atoms with Crippen LogP contribution in [0.3, 0.4) is 0 Å². The van der Waals surface area contributed by atoms with Gasteiger partial charge in [-0.1, -0.05) is 11.3 Å². The van der Waals surface area contributed by atoms with Gasteiger partial charge >= 0.3 is 0 Å². The number of rotatable bonds is 5. The number of carbonyl (C=O) groups excluding carboxylic acids is 1. The standard InChI is InChI=1S/C9H12N6OS/c10-9-15-14-7(17-9)2-1-3-12-8(16)6-4-11-5-13-6/h4-5H,1-3H2,(H2,10,15)(H,11,13)(H,12,16). The number of aryl methyl sites for hydroxylation is 1. The molecule has 0 saturated heterocycles. The molecule has 2 heterocycles. The molecule has 1 amide bonds. The molecule has 7 nitrogen and oxygen atoms in total. The third kappa shape index (κ3) is 3.25. The maximum absolute atomic E-state index is 11.5. The quantitative estimate of drug-likeness (QED) is 0.659. The Labute approximate surface area is 101 Å². The number of nitrogen functional groups attached to an aromatic ring is 1. The molecule has 0 aliphatic carbocycles. The molecule has 0 aliphatic rings. The van der Waals surface area contributed by atoms with Crippen molar-refractivity contribution in [2.45, 2.75) is 12.8 Å². The number of hydrogen-bond acceptors (Lipinski definition) is 6. The zero-order valence-corrected chi connectivity index (χ0v) is 9.83. The number of nitrogens with zero attached hydrogens (tertiary/aromatic N) is 3. The molecule has 0 unspecified atom stereocenters. The predicted octanol–water partition coefficient (Wildman–Crippen LogP) is 0.206. The zero-order chi connectivity index (χ0) is 12.1. The van der Waals surface area contributed by atoms with Crippen LogP contribution >= 0.6 is 11.3 Å². The third-order valence-corrected chi connectivity index (χ3v) is 2.89. The lowest BCUT2D eigenvalue weighted by Crippen LogP contribution is -2.25. The number of anilines is 1. The molecule has 0 spiro atoms. The maximum Gasteiger partial charge on any atom is 0.269 e. The van der Waals surface area contributed by atoms with Crippen LogP contribution in [0.1, 0.15) is 21.9 Å². The number of hydrogen-bond donors (Lipinski definition) is 3. The van der Waals surface area contributed by atoms with E-state index in [0.717, 1.165) is 17.8 Å². The fraction of sp³-hybridized carbons (Fsp3) is 0.333. The summed E-state index contributed by atoms with van der Waals surface area (Å²) in [6, 6.07) is 0. The molecule has 0 radical (unpaired) electrons. The summed E-state index contributed by atoms with van der Waals surface area (Å²) in [7, 11) is 0. The highest BCUT2D eigenvalue weighted by atomic mass is 32.1. The molecule has 0 saturated carbocycles. The number of carbonyl (C=O) groups is 1. The number of amides is 1. The average Bonchev–Trinajstić information content (AvgIpc) is 2.95. The Morgan fingerprint density at radius 1 is 1.53 bits per heavy atom. The van der Waals surface area contributed by atoms with Crippen molar-refractivity contribution in [2.24, 2.45) is 0 Å². The molecule has 0 aliphatic heterocycles. The van der Waals surface area contributed by atoms with Crippen LogP contribution in [0.4, 0.5) is 5.13 Å². The van der Waals surface area contributed by atoms with Crippen molar-refractivity contribution < 1.29 is 4.79 Å². The average molecular weight is 252 g/mol. The van der Waals surface area contributed by atoms with Crippen molar-refractivity contribution in [3.8, 4) is 0 Å². The van der Waals surface area contributed by atoms with E-state index in [-0.39, 0.29) is 5.91 Å². The molecule has 0 bridgehead atoms. The minimum Gasteiger partial charge on any atom is -0.374 e. The second-order valence-electron chi connectivity index (χ2n) is 3.36. The van der Waals surface area contributed by atoms with Gasteiger partial charge in [-0.25, -0.2) is 4.98 Å². The van der Waals surface area contributed by atoms with Crippen molar-refractivity contribution in [3.05, 3.63) is 23.2 Å². The lowest BCUT2D eigenvalue weighted by atomic mass is 10.3. The van der Waals surface area contributed by atoms with Gasteiger partial charge in [-0.3, -0.25) is 4.79 Å². The highest BCUT2D eigenvalue weighted by Gasteiger charge is 2.06. The van der Waals surface area contributed by atoms with Crippen LogP contribution in [0.25, 0.3) is 0 Å². The van der Waals surface area contributed by atoms with E-state index in [4.69, 9.17) is 5.73 Å². The van der Waals surface area contributed by atoms with E-state index in [1.165, 1.54) is 23.9 Å². The highest BCUT2D eigenvalue weighted by molar-refractivity contribution is 7.15. The first kappa shape index (κ1) is 11.5. The summed E-state index contributed by atoms with van der Waals surface area (Å²) in [6.45, 7) is 0.581. The largest absolute Gasteiger partial charge is 0.374 e. The van der Waals surface area contributed by atoms with E-state index < -0.39 is 0 Å². The van der Waals surface area contributed by atoms with E-state index in [1.807, 2.05) is 0 Å². The van der Waals surface area contributed by atoms with Crippen LogP contribution in [0.5, 0.6) is 0 Å². The topological polar surface area (TPSA) is 110 Å². The number of aromatic nitrogens is 4. The Bertz CT molecular complexity index is 479. The molecule has 0 fully saturated rings. The van der Waals surface area contributed by atoms with Gasteiger partial charge in [0, 0.05) is 13.0 Å². The van der Waals surface area contributed by atoms with Gasteiger partial charge in [0.05, 0.1) is 12.5 Å². The van der Waals surface area contributed by atoms with Crippen molar-refractivity contribution in [1.29, 1.82) is 0 Å². The van der Waals surface area contributed by atoms with Crippen molar-refractivity contribution in [1.82, 2.24) is 25.5 Å². The first-order valence-electron chi connectivity index (χ1n) is 5.10. The molecule has 4 N–H and O–H groups in total. The second-order valence-corrected chi connectivity index (χ2v) is 4.45. The molecule has 8 heteroatoms. The third-order valence-electron chi connectivity index (χ3n) is 2.08. The van der Waals surface area contributed by atoms with Gasteiger partial charge in [-0.15, -0.1) is 10.2 Å². The van der Waals surface area contributed by atoms with Crippen LogP contribution in [0, 0.1) is 0 Å². The number of H-pyrrole nitrogens is 1. The van der Waals surface area contributed by atoms with E-state index in [1.54, 1.807) is 0 Å². The minimum absolute atomic E-state index is 0.153. The summed E-state index contributed by atoms with van der Waals surface area (Å²) in [4.78, 5) is 18.0. The Balaban J connectivity index is 1.68. The van der Waals surface area contributed by atoms with Crippen LogP contribution in [0.2, 0.25) is 0 Å². The molecule has 0 atom stereocenters. The van der Waals surface area contributed by atoms with Crippen molar-refractivity contribution >= 4 is 22.4 Å². The molecule has 17 heavy (non-hydrogen) atoms. The number of imidazole rings is 1. The van der Waals surface area contributed by atoms with Crippen LogP contribution < -0.4 is 11.1 Å². The Hall–Kier alpha value is -1.96. The second kappa shape index (κ2) is 5.39. The number of nitrogens with one attached hydrogen (secondary N) is 2. The van der Waals surface area contributed by atoms with Gasteiger partial charge in [0.1, 0.15) is 10.7 Å². The highest BCUT2D eigenvalue weighted by Crippen LogP contribution is 2.12.